The van der Waals surface area contributed by atoms with Gasteiger partial charge in [0.15, 0.2) is 0 Å². The number of piperidine rings is 1. The van der Waals surface area contributed by atoms with Gasteiger partial charge in [-0.15, -0.1) is 0 Å². The standard InChI is InChI=1S/C21H25FN2O4/c1-27-17-7-8-18(19(13-17)28-2)23-20(25)14-24-11-9-21(26,10-12-24)15-3-5-16(22)6-4-15/h3-8,13,26H,9-12,14H2,1-2H3,(H,23,25). The molecule has 7 heteroatoms. The summed E-state index contributed by atoms with van der Waals surface area (Å²) in [7, 11) is 3.10. The van der Waals surface area contributed by atoms with Crippen LogP contribution >= 0.6 is 0 Å². The molecule has 0 aromatic heterocycles. The summed E-state index contributed by atoms with van der Waals surface area (Å²) in [5.74, 6) is 0.689. The number of benzene rings is 2. The molecule has 2 aromatic rings. The summed E-state index contributed by atoms with van der Waals surface area (Å²) in [4.78, 5) is 14.4. The van der Waals surface area contributed by atoms with Gasteiger partial charge in [-0.3, -0.25) is 9.69 Å². The van der Waals surface area contributed by atoms with Crippen molar-refractivity contribution in [1.82, 2.24) is 4.90 Å². The van der Waals surface area contributed by atoms with Crippen molar-refractivity contribution in [1.29, 1.82) is 0 Å². The minimum atomic E-state index is -0.986. The highest BCUT2D eigenvalue weighted by molar-refractivity contribution is 5.93. The molecule has 1 amide bonds. The number of anilines is 1. The van der Waals surface area contributed by atoms with Gasteiger partial charge >= 0.3 is 0 Å². The van der Waals surface area contributed by atoms with E-state index in [0.29, 0.717) is 48.7 Å². The number of nitrogens with one attached hydrogen (secondary N) is 1. The third-order valence-corrected chi connectivity index (χ3v) is 5.11. The molecule has 1 aliphatic heterocycles. The number of halogens is 1. The van der Waals surface area contributed by atoms with Crippen LogP contribution < -0.4 is 14.8 Å². The lowest BCUT2D eigenvalue weighted by molar-refractivity contribution is -0.118. The van der Waals surface area contributed by atoms with Crippen LogP contribution in [0.3, 0.4) is 0 Å². The number of ether oxygens (including phenoxy) is 2. The van der Waals surface area contributed by atoms with Gasteiger partial charge in [0.2, 0.25) is 5.91 Å². The molecule has 0 saturated carbocycles. The molecule has 0 unspecified atom stereocenters. The molecule has 0 bridgehead atoms. The predicted molar refractivity (Wildman–Crippen MR) is 104 cm³/mol. The van der Waals surface area contributed by atoms with Crippen LogP contribution in [0.2, 0.25) is 0 Å². The van der Waals surface area contributed by atoms with Crippen molar-refractivity contribution in [3.05, 3.63) is 53.8 Å². The molecule has 1 aliphatic rings. The largest absolute Gasteiger partial charge is 0.497 e. The zero-order valence-corrected chi connectivity index (χ0v) is 16.1. The predicted octanol–water partition coefficient (Wildman–Crippen LogP) is 2.77. The summed E-state index contributed by atoms with van der Waals surface area (Å²) in [6, 6.07) is 11.1. The second-order valence-corrected chi connectivity index (χ2v) is 6.93. The monoisotopic (exact) mass is 388 g/mol. The van der Waals surface area contributed by atoms with Gasteiger partial charge in [-0.05, 0) is 42.7 Å². The van der Waals surface area contributed by atoms with Gasteiger partial charge in [0, 0.05) is 19.2 Å². The van der Waals surface area contributed by atoms with Gasteiger partial charge in [0.25, 0.3) is 0 Å². The minimum Gasteiger partial charge on any atom is -0.497 e. The van der Waals surface area contributed by atoms with Crippen molar-refractivity contribution in [3.8, 4) is 11.5 Å². The van der Waals surface area contributed by atoms with Gasteiger partial charge in [-0.25, -0.2) is 4.39 Å². The number of aliphatic hydroxyl groups is 1. The van der Waals surface area contributed by atoms with E-state index in [4.69, 9.17) is 9.47 Å². The van der Waals surface area contributed by atoms with E-state index < -0.39 is 5.60 Å². The van der Waals surface area contributed by atoms with E-state index in [0.717, 1.165) is 0 Å². The number of hydrogen-bond acceptors (Lipinski definition) is 5. The summed E-state index contributed by atoms with van der Waals surface area (Å²) < 4.78 is 23.6. The van der Waals surface area contributed by atoms with E-state index in [9.17, 15) is 14.3 Å². The number of nitrogens with zero attached hydrogens (tertiary/aromatic N) is 1. The number of carbonyl (C=O) groups is 1. The second-order valence-electron chi connectivity index (χ2n) is 6.93. The third kappa shape index (κ3) is 4.61. The van der Waals surface area contributed by atoms with Crippen LogP contribution in [0.4, 0.5) is 10.1 Å². The minimum absolute atomic E-state index is 0.157. The first-order chi connectivity index (χ1) is 13.4. The highest BCUT2D eigenvalue weighted by atomic mass is 19.1. The Hall–Kier alpha value is -2.64. The van der Waals surface area contributed by atoms with Crippen LogP contribution in [0.1, 0.15) is 18.4 Å². The second kappa shape index (κ2) is 8.58. The number of hydrogen-bond donors (Lipinski definition) is 2. The van der Waals surface area contributed by atoms with Gasteiger partial charge < -0.3 is 19.9 Å². The first kappa shape index (κ1) is 20.1. The molecule has 2 aromatic carbocycles. The Labute approximate surface area is 163 Å². The average Bonchev–Trinajstić information content (AvgIpc) is 2.70. The fourth-order valence-corrected chi connectivity index (χ4v) is 3.42. The number of carbonyl (C=O) groups excluding carboxylic acids is 1. The molecule has 28 heavy (non-hydrogen) atoms. The molecule has 1 fully saturated rings. The van der Waals surface area contributed by atoms with Crippen LogP contribution in [-0.2, 0) is 10.4 Å². The summed E-state index contributed by atoms with van der Waals surface area (Å²) in [6.07, 6.45) is 0.968. The molecule has 1 heterocycles. The SMILES string of the molecule is COc1ccc(NC(=O)CN2CCC(O)(c3ccc(F)cc3)CC2)c(OC)c1. The van der Waals surface area contributed by atoms with Crippen LogP contribution in [0.15, 0.2) is 42.5 Å². The normalized spacial score (nSPS) is 16.4. The molecule has 150 valence electrons. The molecule has 1 saturated heterocycles. The van der Waals surface area contributed by atoms with E-state index >= 15 is 0 Å². The van der Waals surface area contributed by atoms with E-state index in [1.165, 1.54) is 19.2 Å². The van der Waals surface area contributed by atoms with E-state index in [1.807, 2.05) is 4.90 Å². The maximum absolute atomic E-state index is 13.1. The van der Waals surface area contributed by atoms with Crippen molar-refractivity contribution in [2.24, 2.45) is 0 Å². The van der Waals surface area contributed by atoms with Crippen LogP contribution in [-0.4, -0.2) is 49.8 Å². The third-order valence-electron chi connectivity index (χ3n) is 5.11. The number of amides is 1. The smallest absolute Gasteiger partial charge is 0.238 e. The number of rotatable bonds is 6. The first-order valence-electron chi connectivity index (χ1n) is 9.16. The number of likely N-dealkylation sites (tertiary alicyclic amines) is 1. The molecule has 0 spiro atoms. The fourth-order valence-electron chi connectivity index (χ4n) is 3.42. The van der Waals surface area contributed by atoms with Crippen molar-refractivity contribution < 1.29 is 23.8 Å². The van der Waals surface area contributed by atoms with Crippen molar-refractivity contribution in [3.63, 3.8) is 0 Å². The summed E-state index contributed by atoms with van der Waals surface area (Å²) in [5.41, 5.74) is 0.300. The Bertz CT molecular complexity index is 818. The lowest BCUT2D eigenvalue weighted by atomic mass is 9.84. The highest BCUT2D eigenvalue weighted by Crippen LogP contribution is 2.33. The first-order valence-corrected chi connectivity index (χ1v) is 9.16. The van der Waals surface area contributed by atoms with E-state index in [-0.39, 0.29) is 18.3 Å². The zero-order chi connectivity index (χ0) is 20.1. The zero-order valence-electron chi connectivity index (χ0n) is 16.1. The summed E-state index contributed by atoms with van der Waals surface area (Å²) >= 11 is 0. The Balaban J connectivity index is 1.56. The lowest BCUT2D eigenvalue weighted by Crippen LogP contribution is -2.45. The van der Waals surface area contributed by atoms with Crippen molar-refractivity contribution >= 4 is 11.6 Å². The van der Waals surface area contributed by atoms with Crippen LogP contribution in [0, 0.1) is 5.82 Å². The van der Waals surface area contributed by atoms with E-state index in [2.05, 4.69) is 5.32 Å². The Kier molecular flexibility index (Phi) is 6.16. The van der Waals surface area contributed by atoms with Gasteiger partial charge in [-0.1, -0.05) is 12.1 Å². The fraction of sp³-hybridized carbons (Fsp3) is 0.381. The Morgan fingerprint density at radius 2 is 1.82 bits per heavy atom. The molecule has 0 aliphatic carbocycles. The molecule has 2 N–H and O–H groups in total. The molecule has 3 rings (SSSR count). The Morgan fingerprint density at radius 1 is 1.14 bits per heavy atom. The van der Waals surface area contributed by atoms with Gasteiger partial charge in [-0.2, -0.15) is 0 Å². The quantitative estimate of drug-likeness (QED) is 0.796. The highest BCUT2D eigenvalue weighted by Gasteiger charge is 2.34. The maximum atomic E-state index is 13.1. The maximum Gasteiger partial charge on any atom is 0.238 e. The molecular formula is C21H25FN2O4. The molecular weight excluding hydrogens is 363 g/mol. The summed E-state index contributed by atoms with van der Waals surface area (Å²) in [5, 5.41) is 13.7. The van der Waals surface area contributed by atoms with Crippen molar-refractivity contribution in [2.75, 3.05) is 39.2 Å². The molecule has 0 atom stereocenters. The van der Waals surface area contributed by atoms with Gasteiger partial charge in [0.1, 0.15) is 17.3 Å². The van der Waals surface area contributed by atoms with Gasteiger partial charge in [0.05, 0.1) is 32.1 Å². The summed E-state index contributed by atoms with van der Waals surface area (Å²) in [6.45, 7) is 1.36. The Morgan fingerprint density at radius 3 is 2.43 bits per heavy atom. The topological polar surface area (TPSA) is 71.0 Å². The van der Waals surface area contributed by atoms with Crippen molar-refractivity contribution in [2.45, 2.75) is 18.4 Å². The van der Waals surface area contributed by atoms with E-state index in [1.54, 1.807) is 37.4 Å². The average molecular weight is 388 g/mol. The number of methoxy groups -OCH3 is 2. The van der Waals surface area contributed by atoms with Crippen LogP contribution in [0.25, 0.3) is 0 Å². The lowest BCUT2D eigenvalue weighted by Gasteiger charge is -2.38. The van der Waals surface area contributed by atoms with Crippen LogP contribution in [0.5, 0.6) is 11.5 Å². The molecule has 6 nitrogen and oxygen atoms in total. The molecule has 0 radical (unpaired) electrons.